The molecular formula is C55H42N6S. The van der Waals surface area contributed by atoms with Crippen LogP contribution in [-0.4, -0.2) is 35.7 Å². The molecule has 5 heterocycles. The van der Waals surface area contributed by atoms with E-state index in [0.29, 0.717) is 17.5 Å². The summed E-state index contributed by atoms with van der Waals surface area (Å²) in [7, 11) is 0. The average molecular weight is 819 g/mol. The van der Waals surface area contributed by atoms with E-state index in [1.807, 2.05) is 97.2 Å². The molecule has 0 radical (unpaired) electrons. The van der Waals surface area contributed by atoms with Crippen LogP contribution in [0.15, 0.2) is 205 Å². The van der Waals surface area contributed by atoms with Gasteiger partial charge in [0.2, 0.25) is 0 Å². The minimum atomic E-state index is -0.445. The lowest BCUT2D eigenvalue weighted by molar-refractivity contribution is 0.640. The van der Waals surface area contributed by atoms with Crippen LogP contribution in [0.3, 0.4) is 0 Å². The molecule has 1 unspecified atom stereocenters. The number of thioether (sulfide) groups is 1. The Balaban J connectivity index is 1.21. The van der Waals surface area contributed by atoms with Gasteiger partial charge in [-0.15, -0.1) is 11.8 Å². The first-order valence-corrected chi connectivity index (χ1v) is 21.9. The molecule has 2 aliphatic rings. The minimum absolute atomic E-state index is 0.445. The molecule has 4 aromatic carbocycles. The number of benzene rings is 4. The van der Waals surface area contributed by atoms with Crippen molar-refractivity contribution in [3.05, 3.63) is 216 Å². The second-order valence-corrected chi connectivity index (χ2v) is 16.4. The van der Waals surface area contributed by atoms with E-state index >= 15 is 0 Å². The van der Waals surface area contributed by atoms with Crippen molar-refractivity contribution >= 4 is 11.8 Å². The summed E-state index contributed by atoms with van der Waals surface area (Å²) in [5.41, 5.74) is 14.5. The van der Waals surface area contributed by atoms with Crippen molar-refractivity contribution in [1.82, 2.24) is 29.9 Å². The molecule has 0 fully saturated rings. The van der Waals surface area contributed by atoms with Gasteiger partial charge in [0, 0.05) is 63.3 Å². The van der Waals surface area contributed by atoms with Gasteiger partial charge in [-0.25, -0.2) is 19.9 Å². The van der Waals surface area contributed by atoms with E-state index in [2.05, 4.69) is 133 Å². The molecule has 62 heavy (non-hydrogen) atoms. The summed E-state index contributed by atoms with van der Waals surface area (Å²) < 4.78 is 0. The molecule has 1 aliphatic carbocycles. The maximum atomic E-state index is 5.15. The number of hydrogen-bond acceptors (Lipinski definition) is 7. The third-order valence-electron chi connectivity index (χ3n) is 11.7. The number of aromatic nitrogens is 6. The van der Waals surface area contributed by atoms with Gasteiger partial charge in [-0.05, 0) is 108 Å². The highest BCUT2D eigenvalue weighted by molar-refractivity contribution is 8.03. The lowest BCUT2D eigenvalue weighted by Gasteiger charge is -2.36. The molecule has 298 valence electrons. The van der Waals surface area contributed by atoms with E-state index in [0.717, 1.165) is 62.5 Å². The van der Waals surface area contributed by atoms with E-state index in [1.54, 1.807) is 0 Å². The molecule has 1 spiro atoms. The maximum Gasteiger partial charge on any atom is 0.164 e. The fraction of sp³-hybridized carbons (Fsp3) is 0.0909. The highest BCUT2D eigenvalue weighted by Crippen LogP contribution is 2.58. The number of fused-ring (bicyclic) bond motifs is 5. The quantitative estimate of drug-likeness (QED) is 0.165. The predicted molar refractivity (Wildman–Crippen MR) is 255 cm³/mol. The summed E-state index contributed by atoms with van der Waals surface area (Å²) in [4.78, 5) is 30.3. The SMILES string of the molecule is CC=C1SC/C=C\C=C/CC2(C1=CC)c1ccc(-c3cc(-c4ccncc4)nc(-c4ccncc4)c3)cc1-c1cc(-c3nc(-c4ccccc4)nc(-c4ccccc4)n3)ccc12. The second-order valence-electron chi connectivity index (χ2n) is 15.3. The summed E-state index contributed by atoms with van der Waals surface area (Å²) in [5, 5.41) is 0. The largest absolute Gasteiger partial charge is 0.265 e. The van der Waals surface area contributed by atoms with Gasteiger partial charge in [0.1, 0.15) is 0 Å². The molecule has 1 aliphatic heterocycles. The van der Waals surface area contributed by atoms with Crippen LogP contribution in [0.4, 0.5) is 0 Å². The van der Waals surface area contributed by atoms with E-state index in [4.69, 9.17) is 19.9 Å². The number of rotatable bonds is 6. The predicted octanol–water partition coefficient (Wildman–Crippen LogP) is 13.4. The normalized spacial score (nSPS) is 18.0. The number of nitrogens with zero attached hydrogens (tertiary/aromatic N) is 6. The summed E-state index contributed by atoms with van der Waals surface area (Å²) in [6, 6.07) is 46.6. The molecule has 4 aromatic heterocycles. The first-order valence-electron chi connectivity index (χ1n) is 20.9. The van der Waals surface area contributed by atoms with E-state index in [-0.39, 0.29) is 0 Å². The van der Waals surface area contributed by atoms with Crippen molar-refractivity contribution in [2.45, 2.75) is 25.7 Å². The average Bonchev–Trinajstić information content (AvgIpc) is 3.62. The first kappa shape index (κ1) is 38.8. The molecule has 7 heteroatoms. The lowest BCUT2D eigenvalue weighted by Crippen LogP contribution is -2.28. The van der Waals surface area contributed by atoms with E-state index in [1.165, 1.54) is 32.7 Å². The molecule has 10 rings (SSSR count). The summed E-state index contributed by atoms with van der Waals surface area (Å²) in [6.45, 7) is 4.35. The van der Waals surface area contributed by atoms with Gasteiger partial charge < -0.3 is 0 Å². The van der Waals surface area contributed by atoms with Crippen molar-refractivity contribution in [2.24, 2.45) is 0 Å². The molecule has 0 amide bonds. The number of allylic oxidation sites excluding steroid dienone is 6. The smallest absolute Gasteiger partial charge is 0.164 e. The molecule has 0 saturated carbocycles. The zero-order valence-corrected chi connectivity index (χ0v) is 35.3. The Hall–Kier alpha value is -7.35. The van der Waals surface area contributed by atoms with Crippen LogP contribution in [0.5, 0.6) is 0 Å². The summed E-state index contributed by atoms with van der Waals surface area (Å²) in [6.07, 6.45) is 21.6. The summed E-state index contributed by atoms with van der Waals surface area (Å²) in [5.74, 6) is 2.80. The second kappa shape index (κ2) is 17.0. The van der Waals surface area contributed by atoms with Crippen LogP contribution in [0.1, 0.15) is 31.4 Å². The Morgan fingerprint density at radius 1 is 0.468 bits per heavy atom. The van der Waals surface area contributed by atoms with Gasteiger partial charge in [-0.3, -0.25) is 9.97 Å². The fourth-order valence-electron chi connectivity index (χ4n) is 8.85. The molecule has 0 bridgehead atoms. The van der Waals surface area contributed by atoms with Gasteiger partial charge in [-0.2, -0.15) is 0 Å². The van der Waals surface area contributed by atoms with Crippen molar-refractivity contribution < 1.29 is 0 Å². The van der Waals surface area contributed by atoms with Crippen LogP contribution in [0.25, 0.3) is 78.9 Å². The van der Waals surface area contributed by atoms with Crippen LogP contribution in [0, 0.1) is 0 Å². The van der Waals surface area contributed by atoms with Crippen LogP contribution >= 0.6 is 11.8 Å². The van der Waals surface area contributed by atoms with Crippen molar-refractivity contribution in [1.29, 1.82) is 0 Å². The Bertz CT molecular complexity index is 2760. The third-order valence-corrected chi connectivity index (χ3v) is 12.9. The van der Waals surface area contributed by atoms with E-state index < -0.39 is 5.41 Å². The Kier molecular flexibility index (Phi) is 10.6. The number of hydrogen-bond donors (Lipinski definition) is 0. The lowest BCUT2D eigenvalue weighted by atomic mass is 9.69. The van der Waals surface area contributed by atoms with Crippen LogP contribution in [-0.2, 0) is 5.41 Å². The molecule has 0 N–H and O–H groups in total. The Morgan fingerprint density at radius 3 is 1.53 bits per heavy atom. The van der Waals surface area contributed by atoms with Gasteiger partial charge >= 0.3 is 0 Å². The highest BCUT2D eigenvalue weighted by atomic mass is 32.2. The van der Waals surface area contributed by atoms with Gasteiger partial charge in [0.15, 0.2) is 17.5 Å². The van der Waals surface area contributed by atoms with Crippen LogP contribution in [0.2, 0.25) is 0 Å². The fourth-order valence-corrected chi connectivity index (χ4v) is 9.85. The molecule has 0 saturated heterocycles. The molecular weight excluding hydrogens is 777 g/mol. The first-order chi connectivity index (χ1) is 30.6. The Morgan fingerprint density at radius 2 is 0.984 bits per heavy atom. The van der Waals surface area contributed by atoms with Gasteiger partial charge in [0.05, 0.1) is 16.8 Å². The third kappa shape index (κ3) is 7.20. The Labute approximate surface area is 366 Å². The molecule has 6 nitrogen and oxygen atoms in total. The summed E-state index contributed by atoms with van der Waals surface area (Å²) >= 11 is 1.89. The minimum Gasteiger partial charge on any atom is -0.265 e. The van der Waals surface area contributed by atoms with Crippen LogP contribution < -0.4 is 0 Å². The van der Waals surface area contributed by atoms with Crippen molar-refractivity contribution in [3.8, 4) is 78.9 Å². The topological polar surface area (TPSA) is 77.3 Å². The number of pyridine rings is 3. The maximum absolute atomic E-state index is 5.15. The zero-order chi connectivity index (χ0) is 41.9. The molecule has 8 aromatic rings. The zero-order valence-electron chi connectivity index (χ0n) is 34.5. The monoisotopic (exact) mass is 818 g/mol. The van der Waals surface area contributed by atoms with Crippen molar-refractivity contribution in [3.63, 3.8) is 0 Å². The van der Waals surface area contributed by atoms with Gasteiger partial charge in [-0.1, -0.05) is 121 Å². The van der Waals surface area contributed by atoms with Gasteiger partial charge in [0.25, 0.3) is 0 Å². The standard InChI is InChI=1S/C55H42N6S/c1-3-46-51(4-2)62-32-14-6-5-13-27-55(46)47-21-19-41(43-35-49(37-23-28-56-29-24-37)58-50(36-43)38-25-30-57-31-26-38)33-44(47)45-34-42(20-22-48(45)55)54-60-52(39-15-9-7-10-16-39)59-53(61-54)40-17-11-8-12-18-40/h3-26,28-31,33-36H,27,32H2,1-2H3/b13-5-,14-6-,46-3?,51-4?. The highest BCUT2D eigenvalue weighted by Gasteiger charge is 2.46. The van der Waals surface area contributed by atoms with E-state index in [9.17, 15) is 0 Å². The molecule has 1 atom stereocenters. The van der Waals surface area contributed by atoms with Crippen molar-refractivity contribution in [2.75, 3.05) is 5.75 Å².